The van der Waals surface area contributed by atoms with E-state index in [2.05, 4.69) is 52.8 Å². The smallest absolute Gasteiger partial charge is 0.475 e. The van der Waals surface area contributed by atoms with Crippen LogP contribution < -0.4 is 75.7 Å². The molecule has 107 heavy (non-hydrogen) atoms. The number of guanidine groups is 1. The van der Waals surface area contributed by atoms with E-state index in [1.807, 2.05) is 10.6 Å². The van der Waals surface area contributed by atoms with Gasteiger partial charge < -0.3 is 111 Å². The van der Waals surface area contributed by atoms with Gasteiger partial charge in [0.25, 0.3) is 0 Å². The summed E-state index contributed by atoms with van der Waals surface area (Å²) in [5.74, 6) is -20.6. The molecule has 0 radical (unpaired) electrons. The number of aliphatic hydroxyl groups is 4. The average molecular weight is 1520 g/mol. The van der Waals surface area contributed by atoms with E-state index in [1.165, 1.54) is 44.2 Å². The monoisotopic (exact) mass is 1520 g/mol. The first-order chi connectivity index (χ1) is 49.7. The molecule has 3 rings (SSSR count). The number of esters is 1. The summed E-state index contributed by atoms with van der Waals surface area (Å²) in [6, 6.07) is -3.17. The lowest BCUT2D eigenvalue weighted by Gasteiger charge is -2.34. The summed E-state index contributed by atoms with van der Waals surface area (Å²) >= 11 is 0. The van der Waals surface area contributed by atoms with Crippen molar-refractivity contribution in [2.75, 3.05) is 19.7 Å². The van der Waals surface area contributed by atoms with Gasteiger partial charge in [-0.25, -0.2) is 14.4 Å². The van der Waals surface area contributed by atoms with E-state index in [0.29, 0.717) is 5.56 Å². The van der Waals surface area contributed by atoms with Gasteiger partial charge in [0.05, 0.1) is 25.4 Å². The molecular weight excluding hydrogens is 1420 g/mol. The molecule has 2 aromatic carbocycles. The van der Waals surface area contributed by atoms with Crippen molar-refractivity contribution in [1.82, 2.24) is 58.5 Å². The molecule has 36 nitrogen and oxygen atoms in total. The van der Waals surface area contributed by atoms with Crippen molar-refractivity contribution in [2.45, 2.75) is 218 Å². The second kappa shape index (κ2) is 44.0. The molecule has 1 fully saturated rings. The largest absolute Gasteiger partial charge is 0.490 e. The van der Waals surface area contributed by atoms with Crippen LogP contribution in [0.25, 0.3) is 0 Å². The number of nitrogens with two attached hydrogens (primary N) is 3. The third-order valence-electron chi connectivity index (χ3n) is 15.9. The van der Waals surface area contributed by atoms with Gasteiger partial charge in [0.15, 0.2) is 24.2 Å². The normalized spacial score (nSPS) is 22.6. The molecular formula is C68H104F3N15O21. The Kier molecular flexibility index (Phi) is 38.2. The summed E-state index contributed by atoms with van der Waals surface area (Å²) < 4.78 is 43.2. The van der Waals surface area contributed by atoms with Crippen LogP contribution in [0.1, 0.15) is 132 Å². The number of aliphatic imine (C=N–C) groups is 1. The number of carboxylic acids is 1. The molecule has 0 spiro atoms. The van der Waals surface area contributed by atoms with Gasteiger partial charge in [-0.05, 0) is 88.2 Å². The first kappa shape index (κ1) is 92.8. The Balaban J connectivity index is 0.00000527. The van der Waals surface area contributed by atoms with Crippen molar-refractivity contribution < 1.29 is 115 Å². The van der Waals surface area contributed by atoms with Crippen molar-refractivity contribution in [3.63, 3.8) is 0 Å². The Morgan fingerprint density at radius 3 is 1.67 bits per heavy atom. The Morgan fingerprint density at radius 1 is 0.645 bits per heavy atom. The second-order valence-electron chi connectivity index (χ2n) is 27.5. The molecule has 2 unspecified atom stereocenters. The molecule has 1 heterocycles. The number of alkyl carbamates (subject to hydrolysis) is 1. The summed E-state index contributed by atoms with van der Waals surface area (Å²) in [4.78, 5) is 199. The van der Waals surface area contributed by atoms with Crippen LogP contribution in [0.3, 0.4) is 0 Å². The van der Waals surface area contributed by atoms with Crippen molar-refractivity contribution in [3.8, 4) is 0 Å². The van der Waals surface area contributed by atoms with E-state index in [-0.39, 0.29) is 56.6 Å². The Bertz CT molecular complexity index is 3380. The molecule has 598 valence electrons. The maximum Gasteiger partial charge on any atom is 0.490 e. The fraction of sp³-hybridized carbons (Fsp3) is 0.603. The quantitative estimate of drug-likeness (QED) is 0.0215. The number of hydrogen-bond donors (Lipinski definition) is 19. The van der Waals surface area contributed by atoms with Gasteiger partial charge in [-0.1, -0.05) is 122 Å². The molecule has 22 N–H and O–H groups in total. The second-order valence-corrected chi connectivity index (χ2v) is 27.5. The minimum Gasteiger partial charge on any atom is -0.475 e. The number of hydrogen-bond acceptors (Lipinski definition) is 21. The van der Waals surface area contributed by atoms with Crippen LogP contribution in [0.4, 0.5) is 18.0 Å². The lowest BCUT2D eigenvalue weighted by atomic mass is 9.95. The van der Waals surface area contributed by atoms with E-state index in [4.69, 9.17) is 36.6 Å². The Morgan fingerprint density at radius 2 is 1.17 bits per heavy atom. The van der Waals surface area contributed by atoms with Gasteiger partial charge in [0.2, 0.25) is 65.0 Å². The summed E-state index contributed by atoms with van der Waals surface area (Å²) in [5.41, 5.74) is 15.9. The third-order valence-corrected chi connectivity index (χ3v) is 15.9. The fourth-order valence-electron chi connectivity index (χ4n) is 10.1. The van der Waals surface area contributed by atoms with Crippen LogP contribution in [0.15, 0.2) is 65.7 Å². The number of amides is 12. The summed E-state index contributed by atoms with van der Waals surface area (Å²) in [7, 11) is 0. The number of carbonyl (C=O) groups is 14. The first-order valence-electron chi connectivity index (χ1n) is 34.3. The molecule has 1 aliphatic rings. The van der Waals surface area contributed by atoms with Crippen molar-refractivity contribution in [3.05, 3.63) is 71.8 Å². The number of nitrogens with one attached hydrogen (secondary N) is 11. The van der Waals surface area contributed by atoms with E-state index >= 15 is 14.4 Å². The van der Waals surface area contributed by atoms with Crippen molar-refractivity contribution in [2.24, 2.45) is 45.9 Å². The molecule has 1 aliphatic heterocycles. The van der Waals surface area contributed by atoms with Crippen LogP contribution in [-0.2, 0) is 78.2 Å². The number of aliphatic carboxylic acids is 1. The Labute approximate surface area is 616 Å². The molecule has 0 aliphatic carbocycles. The zero-order valence-electron chi connectivity index (χ0n) is 61.6. The fourth-order valence-corrected chi connectivity index (χ4v) is 10.1. The summed E-state index contributed by atoms with van der Waals surface area (Å²) in [5, 5.41) is 78.2. The first-order valence-corrected chi connectivity index (χ1v) is 34.3. The number of alkyl halides is 3. The van der Waals surface area contributed by atoms with Crippen molar-refractivity contribution in [1.29, 1.82) is 0 Å². The van der Waals surface area contributed by atoms with E-state index in [1.54, 1.807) is 92.6 Å². The van der Waals surface area contributed by atoms with E-state index in [0.717, 1.165) is 6.92 Å². The van der Waals surface area contributed by atoms with Crippen LogP contribution in [0.5, 0.6) is 0 Å². The zero-order valence-corrected chi connectivity index (χ0v) is 61.6. The van der Waals surface area contributed by atoms with Gasteiger partial charge in [-0.2, -0.15) is 13.2 Å². The number of nitrogens with zero attached hydrogens (tertiary/aromatic N) is 1. The molecule has 2 aromatic rings. The predicted molar refractivity (Wildman–Crippen MR) is 376 cm³/mol. The number of cyclic esters (lactones) is 1. The highest BCUT2D eigenvalue weighted by Gasteiger charge is 2.44. The number of ether oxygens (including phenoxy) is 2. The molecule has 12 amide bonds. The van der Waals surface area contributed by atoms with Crippen LogP contribution in [0.2, 0.25) is 0 Å². The number of primary amides is 1. The minimum atomic E-state index is -5.08. The highest BCUT2D eigenvalue weighted by molar-refractivity contribution is 6.00. The lowest BCUT2D eigenvalue weighted by Crippen LogP contribution is -2.64. The van der Waals surface area contributed by atoms with Gasteiger partial charge in [0, 0.05) is 13.0 Å². The highest BCUT2D eigenvalue weighted by Crippen LogP contribution is 2.25. The van der Waals surface area contributed by atoms with Crippen LogP contribution in [0, 0.1) is 23.7 Å². The molecule has 0 aromatic heterocycles. The molecule has 0 bridgehead atoms. The number of rotatable bonds is 24. The number of carbonyl (C=O) groups excluding carboxylic acids is 13. The minimum absolute atomic E-state index is 0.0272. The number of carboxylic acid groups (broad SMARTS) is 1. The van der Waals surface area contributed by atoms with Crippen molar-refractivity contribution >= 4 is 89.0 Å². The standard InChI is InChI=1S/C66H103N15O19.C2HF3O2/c1-13-35(8)45-59(93)79-46(36(9)83)58(92)71-30-44(84)77-48(51(86)53(67)87)61(95)75-43(31-82)63(97)99-52(38-23-18-15-19-24-38)49(81-57(91)41(28-33(4)5)73-56(90)42(29-37-21-16-14-17-22-37)76-65(98)100-66(10,11)12)62(96)80-47(50(85)34(6)7)60(94)74-40(27-32(2)3)55(89)72-39(54(88)78-45)25-20-26-70-64(68)69;3-2(4,5)1(6)7/h14-19,21-24,32-36,39-43,45-52,82-83,85-86H,13,20,25-31H2,1-12H3,(H2,67,87)(H,71,92)(H,72,89)(H,73,90)(H,74,94)(H,75,95)(H,76,98)(H,77,84)(H,78,88)(H,79,93)(H,80,96)(H,81,91)(H4,68,69,70);(H,6,7)/t35-,36-,39+,40-,41-,42-,43-,45?,46?,47-,48-,49-,50+,51-,52+;/m0./s1. The average Bonchev–Trinajstić information content (AvgIpc) is 0.812. The zero-order chi connectivity index (χ0) is 81.5. The molecule has 15 atom stereocenters. The predicted octanol–water partition coefficient (Wildman–Crippen LogP) is -3.04. The summed E-state index contributed by atoms with van der Waals surface area (Å²) in [6.07, 6.45) is -14.8. The summed E-state index contributed by atoms with van der Waals surface area (Å²) in [6.45, 7) is 16.3. The molecule has 1 saturated heterocycles. The van der Waals surface area contributed by atoms with E-state index < -0.39 is 216 Å². The van der Waals surface area contributed by atoms with Gasteiger partial charge in [-0.3, -0.25) is 57.7 Å². The lowest BCUT2D eigenvalue weighted by molar-refractivity contribution is -0.192. The van der Waals surface area contributed by atoms with E-state index in [9.17, 15) is 81.5 Å². The van der Waals surface area contributed by atoms with Gasteiger partial charge in [-0.15, -0.1) is 0 Å². The number of halogens is 3. The van der Waals surface area contributed by atoms with Gasteiger partial charge in [0.1, 0.15) is 60.0 Å². The third kappa shape index (κ3) is 32.5. The van der Waals surface area contributed by atoms with Gasteiger partial charge >= 0.3 is 24.2 Å². The Hall–Kier alpha value is -10.3. The maximum absolute atomic E-state index is 15.6. The SMILES string of the molecule is CC[C@H](C)C1NC(=O)[C@@H](CCCN=C(N)N)NC(=O)[C@H](CC(C)C)NC(=O)[C@H]([C@H](O)C(C)C)NC(=O)[C@@H](NC(=O)[C@H](CC(C)C)NC(=O)[C@H](Cc2ccccc2)NC(=O)OC(C)(C)C)[C@@H](c2ccccc2)OC(=O)[C@H](CO)NC(=O)[C@H]([C@H](O)C(N)=O)NC(=O)CNC(=O)C([C@H](C)O)NC1=O.O=C(O)C(F)(F)F. The molecule has 0 saturated carbocycles. The number of benzene rings is 2. The van der Waals surface area contributed by atoms with Crippen LogP contribution >= 0.6 is 0 Å². The van der Waals surface area contributed by atoms with Crippen LogP contribution in [-0.4, -0.2) is 225 Å². The topological polar surface area (TPSA) is 581 Å². The molecule has 39 heteroatoms. The highest BCUT2D eigenvalue weighted by atomic mass is 19.4. The maximum atomic E-state index is 15.6. The number of aliphatic hydroxyl groups excluding tert-OH is 4.